The number of nitrogens with one attached hydrogen (secondary N) is 1. The summed E-state index contributed by atoms with van der Waals surface area (Å²) in [6.45, 7) is 1.82. The van der Waals surface area contributed by atoms with E-state index in [1.807, 2.05) is 11.4 Å². The fraction of sp³-hybridized carbons (Fsp3) is 0.444. The van der Waals surface area contributed by atoms with Gasteiger partial charge in [0.05, 0.1) is 5.56 Å². The summed E-state index contributed by atoms with van der Waals surface area (Å²) in [5.41, 5.74) is 0.726. The maximum atomic E-state index is 8.56. The first-order valence-electron chi connectivity index (χ1n) is 4.16. The van der Waals surface area contributed by atoms with Crippen molar-refractivity contribution in [3.8, 4) is 6.07 Å². The summed E-state index contributed by atoms with van der Waals surface area (Å²) in [5, 5.41) is 22.1. The summed E-state index contributed by atoms with van der Waals surface area (Å²) in [7, 11) is 0. The number of rotatable bonds is 5. The minimum atomic E-state index is 0.223. The second kappa shape index (κ2) is 5.70. The molecule has 0 aliphatic carbocycles. The average Bonchev–Trinajstić information content (AvgIpc) is 2.60. The summed E-state index contributed by atoms with van der Waals surface area (Å²) in [6.07, 6.45) is 0.774. The molecule has 1 heterocycles. The molecule has 70 valence electrons. The molecule has 2 N–H and O–H groups in total. The molecule has 0 spiro atoms. The third-order valence-electron chi connectivity index (χ3n) is 1.59. The molecule has 0 unspecified atom stereocenters. The molecule has 13 heavy (non-hydrogen) atoms. The van der Waals surface area contributed by atoms with Crippen molar-refractivity contribution in [1.82, 2.24) is 5.32 Å². The van der Waals surface area contributed by atoms with Crippen molar-refractivity contribution in [3.63, 3.8) is 0 Å². The summed E-state index contributed by atoms with van der Waals surface area (Å²) in [5.74, 6) is 0. The maximum absolute atomic E-state index is 8.56. The number of nitriles is 1. The van der Waals surface area contributed by atoms with E-state index in [2.05, 4.69) is 11.4 Å². The summed E-state index contributed by atoms with van der Waals surface area (Å²) in [4.78, 5) is 1.16. The van der Waals surface area contributed by atoms with Gasteiger partial charge in [-0.15, -0.1) is 11.3 Å². The summed E-state index contributed by atoms with van der Waals surface area (Å²) >= 11 is 1.58. The van der Waals surface area contributed by atoms with Crippen LogP contribution in [0.2, 0.25) is 0 Å². The van der Waals surface area contributed by atoms with Crippen LogP contribution in [-0.2, 0) is 6.54 Å². The van der Waals surface area contributed by atoms with Crippen molar-refractivity contribution < 1.29 is 5.11 Å². The van der Waals surface area contributed by atoms with E-state index >= 15 is 0 Å². The first-order valence-corrected chi connectivity index (χ1v) is 5.04. The molecule has 4 heteroatoms. The Morgan fingerprint density at radius 2 is 2.46 bits per heavy atom. The first kappa shape index (κ1) is 10.2. The van der Waals surface area contributed by atoms with Crippen molar-refractivity contribution in [1.29, 1.82) is 5.26 Å². The lowest BCUT2D eigenvalue weighted by Crippen LogP contribution is -2.14. The van der Waals surface area contributed by atoms with Crippen molar-refractivity contribution in [2.24, 2.45) is 0 Å². The smallest absolute Gasteiger partial charge is 0.100 e. The Hall–Kier alpha value is -0.890. The first-order chi connectivity index (χ1) is 6.36. The van der Waals surface area contributed by atoms with Crippen LogP contribution < -0.4 is 5.32 Å². The standard InChI is InChI=1S/C9H12N2OS/c10-5-8-4-9(13-7-8)6-11-2-1-3-12/h4,7,11-12H,1-3,6H2. The quantitative estimate of drug-likeness (QED) is 0.693. The van der Waals surface area contributed by atoms with Gasteiger partial charge >= 0.3 is 0 Å². The van der Waals surface area contributed by atoms with Gasteiger partial charge in [-0.3, -0.25) is 0 Å². The zero-order chi connectivity index (χ0) is 9.52. The van der Waals surface area contributed by atoms with Gasteiger partial charge in [0, 0.05) is 23.4 Å². The molecule has 1 rings (SSSR count). The molecule has 1 aromatic heterocycles. The molecule has 0 aromatic carbocycles. The molecular weight excluding hydrogens is 184 g/mol. The average molecular weight is 196 g/mol. The second-order valence-electron chi connectivity index (χ2n) is 2.67. The highest BCUT2D eigenvalue weighted by Crippen LogP contribution is 2.12. The molecule has 0 amide bonds. The van der Waals surface area contributed by atoms with Crippen LogP contribution in [0.1, 0.15) is 16.9 Å². The molecule has 0 aliphatic heterocycles. The molecule has 0 aliphatic rings. The van der Waals surface area contributed by atoms with Gasteiger partial charge in [0.2, 0.25) is 0 Å². The minimum Gasteiger partial charge on any atom is -0.396 e. The molecule has 0 atom stereocenters. The Bertz CT molecular complexity index is 290. The Morgan fingerprint density at radius 3 is 3.08 bits per heavy atom. The number of thiophene rings is 1. The molecule has 0 bridgehead atoms. The van der Waals surface area contributed by atoms with Crippen LogP contribution >= 0.6 is 11.3 Å². The Kier molecular flexibility index (Phi) is 4.47. The third-order valence-corrected chi connectivity index (χ3v) is 2.53. The Labute approximate surface area is 81.6 Å². The van der Waals surface area contributed by atoms with Gasteiger partial charge in [-0.05, 0) is 19.0 Å². The molecule has 0 fully saturated rings. The molecular formula is C9H12N2OS. The van der Waals surface area contributed by atoms with Gasteiger partial charge in [0.15, 0.2) is 0 Å². The van der Waals surface area contributed by atoms with Crippen LogP contribution in [0.5, 0.6) is 0 Å². The third kappa shape index (κ3) is 3.55. The highest BCUT2D eigenvalue weighted by Gasteiger charge is 1.97. The lowest BCUT2D eigenvalue weighted by molar-refractivity contribution is 0.286. The molecule has 0 saturated carbocycles. The highest BCUT2D eigenvalue weighted by atomic mass is 32.1. The van der Waals surface area contributed by atoms with Crippen molar-refractivity contribution in [3.05, 3.63) is 21.9 Å². The number of hydrogen-bond acceptors (Lipinski definition) is 4. The van der Waals surface area contributed by atoms with Gasteiger partial charge in [-0.1, -0.05) is 0 Å². The Morgan fingerprint density at radius 1 is 1.62 bits per heavy atom. The SMILES string of the molecule is N#Cc1csc(CNCCCO)c1. The fourth-order valence-corrected chi connectivity index (χ4v) is 1.73. The van der Waals surface area contributed by atoms with E-state index in [-0.39, 0.29) is 6.61 Å². The second-order valence-corrected chi connectivity index (χ2v) is 3.66. The molecule has 1 aromatic rings. The largest absolute Gasteiger partial charge is 0.396 e. The predicted molar refractivity (Wildman–Crippen MR) is 52.4 cm³/mol. The predicted octanol–water partition coefficient (Wildman–Crippen LogP) is 1.09. The van der Waals surface area contributed by atoms with E-state index < -0.39 is 0 Å². The lowest BCUT2D eigenvalue weighted by Gasteiger charge is -1.99. The zero-order valence-electron chi connectivity index (χ0n) is 7.29. The van der Waals surface area contributed by atoms with E-state index in [1.54, 1.807) is 11.3 Å². The lowest BCUT2D eigenvalue weighted by atomic mass is 10.3. The van der Waals surface area contributed by atoms with Crippen molar-refractivity contribution in [2.75, 3.05) is 13.2 Å². The van der Waals surface area contributed by atoms with Crippen molar-refractivity contribution >= 4 is 11.3 Å². The van der Waals surface area contributed by atoms with Gasteiger partial charge < -0.3 is 10.4 Å². The van der Waals surface area contributed by atoms with Crippen LogP contribution in [0, 0.1) is 11.3 Å². The molecule has 0 radical (unpaired) electrons. The summed E-state index contributed by atoms with van der Waals surface area (Å²) < 4.78 is 0. The summed E-state index contributed by atoms with van der Waals surface area (Å²) in [6, 6.07) is 3.98. The van der Waals surface area contributed by atoms with Crippen LogP contribution in [0.4, 0.5) is 0 Å². The zero-order valence-corrected chi connectivity index (χ0v) is 8.10. The van der Waals surface area contributed by atoms with Gasteiger partial charge in [-0.25, -0.2) is 0 Å². The van der Waals surface area contributed by atoms with Crippen LogP contribution in [-0.4, -0.2) is 18.3 Å². The minimum absolute atomic E-state index is 0.223. The fourth-order valence-electron chi connectivity index (χ4n) is 0.948. The van der Waals surface area contributed by atoms with Crippen LogP contribution in [0.25, 0.3) is 0 Å². The normalized spacial score (nSPS) is 9.85. The van der Waals surface area contributed by atoms with E-state index in [9.17, 15) is 0 Å². The Balaban J connectivity index is 2.25. The maximum Gasteiger partial charge on any atom is 0.100 e. The topological polar surface area (TPSA) is 56.0 Å². The highest BCUT2D eigenvalue weighted by molar-refractivity contribution is 7.10. The number of hydrogen-bond donors (Lipinski definition) is 2. The number of nitrogens with zero attached hydrogens (tertiary/aromatic N) is 1. The molecule has 3 nitrogen and oxygen atoms in total. The van der Waals surface area contributed by atoms with Gasteiger partial charge in [0.1, 0.15) is 6.07 Å². The van der Waals surface area contributed by atoms with Crippen LogP contribution in [0.15, 0.2) is 11.4 Å². The van der Waals surface area contributed by atoms with E-state index in [0.717, 1.165) is 30.0 Å². The van der Waals surface area contributed by atoms with E-state index in [0.29, 0.717) is 0 Å². The van der Waals surface area contributed by atoms with Gasteiger partial charge in [-0.2, -0.15) is 5.26 Å². The molecule has 0 saturated heterocycles. The van der Waals surface area contributed by atoms with Crippen LogP contribution in [0.3, 0.4) is 0 Å². The monoisotopic (exact) mass is 196 g/mol. The van der Waals surface area contributed by atoms with E-state index in [1.165, 1.54) is 0 Å². The van der Waals surface area contributed by atoms with Crippen molar-refractivity contribution in [2.45, 2.75) is 13.0 Å². The van der Waals surface area contributed by atoms with E-state index in [4.69, 9.17) is 10.4 Å². The number of aliphatic hydroxyl groups excluding tert-OH is 1. The van der Waals surface area contributed by atoms with Gasteiger partial charge in [0.25, 0.3) is 0 Å². The number of aliphatic hydroxyl groups is 1.